The lowest BCUT2D eigenvalue weighted by molar-refractivity contribution is 0.164. The van der Waals surface area contributed by atoms with E-state index in [0.29, 0.717) is 6.61 Å². The highest BCUT2D eigenvalue weighted by Crippen LogP contribution is 1.88. The van der Waals surface area contributed by atoms with Crippen molar-refractivity contribution >= 4 is 0 Å². The Morgan fingerprint density at radius 2 is 2.44 bits per heavy atom. The van der Waals surface area contributed by atoms with E-state index in [1.807, 2.05) is 12.1 Å². The molecule has 0 fully saturated rings. The minimum Gasteiger partial charge on any atom is -0.367 e. The summed E-state index contributed by atoms with van der Waals surface area (Å²) in [4.78, 5) is 0. The zero-order valence-corrected chi connectivity index (χ0v) is 5.47. The van der Waals surface area contributed by atoms with E-state index in [9.17, 15) is 0 Å². The van der Waals surface area contributed by atoms with Gasteiger partial charge in [-0.15, -0.1) is 6.58 Å². The van der Waals surface area contributed by atoms with Crippen molar-refractivity contribution in [3.8, 4) is 6.07 Å². The van der Waals surface area contributed by atoms with Crippen molar-refractivity contribution in [2.24, 2.45) is 0 Å². The standard InChI is InChI=1S/C7H11NO/c1-2-3-4-6-9-7-5-8/h2H,1,3-4,6-7H2. The fraction of sp³-hybridized carbons (Fsp3) is 0.571. The fourth-order valence-electron chi connectivity index (χ4n) is 0.448. The van der Waals surface area contributed by atoms with E-state index >= 15 is 0 Å². The zero-order valence-electron chi connectivity index (χ0n) is 5.47. The molecule has 0 amide bonds. The van der Waals surface area contributed by atoms with Crippen LogP contribution >= 0.6 is 0 Å². The summed E-state index contributed by atoms with van der Waals surface area (Å²) in [5.41, 5.74) is 0. The molecule has 0 aromatic carbocycles. The lowest BCUT2D eigenvalue weighted by Crippen LogP contribution is -1.92. The first-order valence-corrected chi connectivity index (χ1v) is 2.97. The Morgan fingerprint density at radius 1 is 1.67 bits per heavy atom. The SMILES string of the molecule is C=CCCCOCC#N. The maximum atomic E-state index is 8.03. The van der Waals surface area contributed by atoms with E-state index < -0.39 is 0 Å². The number of nitrogens with zero attached hydrogens (tertiary/aromatic N) is 1. The van der Waals surface area contributed by atoms with Crippen molar-refractivity contribution in [1.82, 2.24) is 0 Å². The minimum absolute atomic E-state index is 0.205. The van der Waals surface area contributed by atoms with Crippen LogP contribution in [0.3, 0.4) is 0 Å². The number of unbranched alkanes of at least 4 members (excludes halogenated alkanes) is 1. The van der Waals surface area contributed by atoms with Crippen LogP contribution in [0.4, 0.5) is 0 Å². The van der Waals surface area contributed by atoms with Crippen LogP contribution in [0.2, 0.25) is 0 Å². The molecule has 2 heteroatoms. The number of rotatable bonds is 5. The summed E-state index contributed by atoms with van der Waals surface area (Å²) >= 11 is 0. The van der Waals surface area contributed by atoms with Gasteiger partial charge in [-0.25, -0.2) is 0 Å². The van der Waals surface area contributed by atoms with Crippen LogP contribution in [0.25, 0.3) is 0 Å². The number of ether oxygens (including phenoxy) is 1. The van der Waals surface area contributed by atoms with Crippen LogP contribution < -0.4 is 0 Å². The average Bonchev–Trinajstić information content (AvgIpc) is 1.89. The van der Waals surface area contributed by atoms with Gasteiger partial charge in [0.2, 0.25) is 0 Å². The van der Waals surface area contributed by atoms with Crippen LogP contribution in [0, 0.1) is 11.3 Å². The van der Waals surface area contributed by atoms with Crippen molar-refractivity contribution in [3.05, 3.63) is 12.7 Å². The summed E-state index contributed by atoms with van der Waals surface area (Å²) in [6.07, 6.45) is 3.77. The molecule has 0 rings (SSSR count). The smallest absolute Gasteiger partial charge is 0.133 e. The summed E-state index contributed by atoms with van der Waals surface area (Å²) in [6.45, 7) is 4.43. The van der Waals surface area contributed by atoms with Crippen molar-refractivity contribution in [2.45, 2.75) is 12.8 Å². The van der Waals surface area contributed by atoms with Gasteiger partial charge in [-0.1, -0.05) is 6.08 Å². The van der Waals surface area contributed by atoms with Crippen molar-refractivity contribution in [2.75, 3.05) is 13.2 Å². The Morgan fingerprint density at radius 3 is 3.00 bits per heavy atom. The Balaban J connectivity index is 2.76. The van der Waals surface area contributed by atoms with E-state index in [1.165, 1.54) is 0 Å². The maximum absolute atomic E-state index is 8.03. The van der Waals surface area contributed by atoms with E-state index in [0.717, 1.165) is 12.8 Å². The average molecular weight is 125 g/mol. The summed E-state index contributed by atoms with van der Waals surface area (Å²) < 4.78 is 4.88. The number of hydrogen-bond donors (Lipinski definition) is 0. The van der Waals surface area contributed by atoms with Gasteiger partial charge in [-0.2, -0.15) is 5.26 Å². The maximum Gasteiger partial charge on any atom is 0.133 e. The van der Waals surface area contributed by atoms with E-state index in [-0.39, 0.29) is 6.61 Å². The molecule has 0 spiro atoms. The molecule has 0 unspecified atom stereocenters. The van der Waals surface area contributed by atoms with Gasteiger partial charge in [0.05, 0.1) is 6.07 Å². The predicted octanol–water partition coefficient (Wildman–Crippen LogP) is 1.49. The minimum atomic E-state index is 0.205. The second-order valence-corrected chi connectivity index (χ2v) is 1.64. The Bertz CT molecular complexity index is 104. The molecule has 0 aliphatic carbocycles. The molecule has 0 radical (unpaired) electrons. The highest BCUT2D eigenvalue weighted by atomic mass is 16.5. The predicted molar refractivity (Wildman–Crippen MR) is 35.9 cm³/mol. The van der Waals surface area contributed by atoms with E-state index in [4.69, 9.17) is 10.00 Å². The van der Waals surface area contributed by atoms with Crippen LogP contribution in [0.15, 0.2) is 12.7 Å². The van der Waals surface area contributed by atoms with Gasteiger partial charge in [0, 0.05) is 6.61 Å². The first-order chi connectivity index (χ1) is 4.41. The summed E-state index contributed by atoms with van der Waals surface area (Å²) in [6, 6.07) is 1.90. The first-order valence-electron chi connectivity index (χ1n) is 2.97. The quantitative estimate of drug-likeness (QED) is 0.412. The third kappa shape index (κ3) is 7.19. The van der Waals surface area contributed by atoms with Crippen molar-refractivity contribution in [1.29, 1.82) is 5.26 Å². The Kier molecular flexibility index (Phi) is 6.54. The summed E-state index contributed by atoms with van der Waals surface area (Å²) in [5.74, 6) is 0. The van der Waals surface area contributed by atoms with Gasteiger partial charge in [-0.05, 0) is 12.8 Å². The fourth-order valence-corrected chi connectivity index (χ4v) is 0.448. The largest absolute Gasteiger partial charge is 0.367 e. The number of allylic oxidation sites excluding steroid dienone is 1. The van der Waals surface area contributed by atoms with Gasteiger partial charge in [0.1, 0.15) is 6.61 Å². The zero-order chi connectivity index (χ0) is 6.95. The molecular formula is C7H11NO. The van der Waals surface area contributed by atoms with Gasteiger partial charge in [-0.3, -0.25) is 0 Å². The Labute approximate surface area is 55.7 Å². The second-order valence-electron chi connectivity index (χ2n) is 1.64. The van der Waals surface area contributed by atoms with Crippen LogP contribution in [0.1, 0.15) is 12.8 Å². The molecule has 0 bridgehead atoms. The van der Waals surface area contributed by atoms with Crippen molar-refractivity contribution in [3.63, 3.8) is 0 Å². The van der Waals surface area contributed by atoms with Crippen LogP contribution in [0.5, 0.6) is 0 Å². The molecule has 0 aliphatic heterocycles. The number of hydrogen-bond acceptors (Lipinski definition) is 2. The lowest BCUT2D eigenvalue weighted by atomic mass is 10.3. The van der Waals surface area contributed by atoms with Crippen LogP contribution in [-0.2, 0) is 4.74 Å². The molecule has 0 saturated carbocycles. The molecule has 0 heterocycles. The Hall–Kier alpha value is -0.810. The molecular weight excluding hydrogens is 114 g/mol. The molecule has 0 aromatic rings. The first kappa shape index (κ1) is 8.19. The highest BCUT2D eigenvalue weighted by Gasteiger charge is 1.82. The molecule has 0 aliphatic rings. The normalized spacial score (nSPS) is 8.33. The van der Waals surface area contributed by atoms with Gasteiger partial charge < -0.3 is 4.74 Å². The van der Waals surface area contributed by atoms with E-state index in [2.05, 4.69) is 6.58 Å². The molecule has 0 aromatic heterocycles. The lowest BCUT2D eigenvalue weighted by Gasteiger charge is -1.94. The summed E-state index contributed by atoms with van der Waals surface area (Å²) in [7, 11) is 0. The third-order valence-electron chi connectivity index (χ3n) is 0.864. The van der Waals surface area contributed by atoms with Gasteiger partial charge in [0.25, 0.3) is 0 Å². The topological polar surface area (TPSA) is 33.0 Å². The highest BCUT2D eigenvalue weighted by molar-refractivity contribution is 4.68. The third-order valence-corrected chi connectivity index (χ3v) is 0.864. The van der Waals surface area contributed by atoms with E-state index in [1.54, 1.807) is 0 Å². The number of nitriles is 1. The second kappa shape index (κ2) is 7.19. The molecule has 2 nitrogen and oxygen atoms in total. The van der Waals surface area contributed by atoms with Crippen LogP contribution in [-0.4, -0.2) is 13.2 Å². The van der Waals surface area contributed by atoms with Crippen molar-refractivity contribution < 1.29 is 4.74 Å². The monoisotopic (exact) mass is 125 g/mol. The molecule has 0 N–H and O–H groups in total. The summed E-state index contributed by atoms with van der Waals surface area (Å²) in [5, 5.41) is 8.03. The molecule has 0 saturated heterocycles. The molecule has 0 atom stereocenters. The van der Waals surface area contributed by atoms with Gasteiger partial charge >= 0.3 is 0 Å². The molecule has 9 heavy (non-hydrogen) atoms. The molecule has 50 valence electrons. The van der Waals surface area contributed by atoms with Gasteiger partial charge in [0.15, 0.2) is 0 Å².